The van der Waals surface area contributed by atoms with Crippen LogP contribution in [0.15, 0.2) is 24.3 Å². The Morgan fingerprint density at radius 3 is 2.30 bits per heavy atom. The van der Waals surface area contributed by atoms with Crippen molar-refractivity contribution < 1.29 is 19.1 Å². The summed E-state index contributed by atoms with van der Waals surface area (Å²) in [7, 11) is 0. The first-order valence-electron chi connectivity index (χ1n) is 8.46. The predicted octanol–water partition coefficient (Wildman–Crippen LogP) is 2.40. The van der Waals surface area contributed by atoms with E-state index in [9.17, 15) is 9.59 Å². The number of imide groups is 1. The molecule has 23 heavy (non-hydrogen) atoms. The van der Waals surface area contributed by atoms with Gasteiger partial charge < -0.3 is 9.47 Å². The minimum Gasteiger partial charge on any atom is -0.373 e. The first kappa shape index (κ1) is 14.8. The van der Waals surface area contributed by atoms with Crippen LogP contribution in [0.3, 0.4) is 0 Å². The molecule has 1 aromatic carbocycles. The molecule has 1 saturated heterocycles. The zero-order chi connectivity index (χ0) is 15.8. The van der Waals surface area contributed by atoms with Crippen molar-refractivity contribution in [2.45, 2.75) is 50.4 Å². The van der Waals surface area contributed by atoms with Crippen molar-refractivity contribution in [1.29, 1.82) is 0 Å². The highest BCUT2D eigenvalue weighted by atomic mass is 16.6. The van der Waals surface area contributed by atoms with Gasteiger partial charge in [0.1, 0.15) is 0 Å². The van der Waals surface area contributed by atoms with Crippen LogP contribution in [0.4, 0.5) is 0 Å². The van der Waals surface area contributed by atoms with E-state index in [1.807, 2.05) is 0 Å². The van der Waals surface area contributed by atoms with Gasteiger partial charge in [0, 0.05) is 0 Å². The van der Waals surface area contributed by atoms with Crippen LogP contribution < -0.4 is 0 Å². The Hall–Kier alpha value is -1.72. The highest BCUT2D eigenvalue weighted by Gasteiger charge is 2.39. The highest BCUT2D eigenvalue weighted by Crippen LogP contribution is 2.29. The Labute approximate surface area is 135 Å². The van der Waals surface area contributed by atoms with Gasteiger partial charge in [0.05, 0.1) is 42.6 Å². The average Bonchev–Trinajstić information content (AvgIpc) is 2.75. The van der Waals surface area contributed by atoms with Crippen molar-refractivity contribution >= 4 is 11.8 Å². The first-order chi connectivity index (χ1) is 11.2. The molecule has 0 N–H and O–H groups in total. The van der Waals surface area contributed by atoms with Crippen LogP contribution in [0.1, 0.15) is 52.8 Å². The maximum atomic E-state index is 12.4. The normalized spacial score (nSPS) is 30.8. The molecule has 0 radical (unpaired) electrons. The van der Waals surface area contributed by atoms with E-state index in [1.54, 1.807) is 24.3 Å². The van der Waals surface area contributed by atoms with Gasteiger partial charge in [0.2, 0.25) is 0 Å². The molecule has 3 unspecified atom stereocenters. The summed E-state index contributed by atoms with van der Waals surface area (Å²) in [4.78, 5) is 26.2. The van der Waals surface area contributed by atoms with Gasteiger partial charge in [-0.1, -0.05) is 31.4 Å². The molecule has 3 aliphatic rings. The summed E-state index contributed by atoms with van der Waals surface area (Å²) < 4.78 is 12.1. The van der Waals surface area contributed by atoms with E-state index in [2.05, 4.69) is 0 Å². The van der Waals surface area contributed by atoms with E-state index >= 15 is 0 Å². The highest BCUT2D eigenvalue weighted by molar-refractivity contribution is 6.21. The number of fused-ring (bicyclic) bond motifs is 2. The third kappa shape index (κ3) is 2.68. The minimum atomic E-state index is -0.225. The average molecular weight is 315 g/mol. The van der Waals surface area contributed by atoms with E-state index < -0.39 is 0 Å². The zero-order valence-corrected chi connectivity index (χ0v) is 13.1. The standard InChI is InChI=1S/C18H21NO4/c20-17-13-6-4-5-7-14(13)18(21)19(17)10-12-11-22-15-8-2-1-3-9-16(15)23-12/h4-7,12,15-16H,1-3,8-11H2. The molecule has 4 rings (SSSR count). The van der Waals surface area contributed by atoms with Gasteiger partial charge in [-0.15, -0.1) is 0 Å². The van der Waals surface area contributed by atoms with Crippen molar-refractivity contribution in [3.63, 3.8) is 0 Å². The molecule has 2 heterocycles. The van der Waals surface area contributed by atoms with Crippen molar-refractivity contribution in [3.8, 4) is 0 Å². The Morgan fingerprint density at radius 2 is 1.61 bits per heavy atom. The minimum absolute atomic E-state index is 0.103. The van der Waals surface area contributed by atoms with Crippen LogP contribution >= 0.6 is 0 Å². The lowest BCUT2D eigenvalue weighted by Crippen LogP contribution is -2.48. The smallest absolute Gasteiger partial charge is 0.261 e. The molecule has 1 saturated carbocycles. The molecule has 0 aromatic heterocycles. The summed E-state index contributed by atoms with van der Waals surface area (Å²) in [5.41, 5.74) is 0.975. The predicted molar refractivity (Wildman–Crippen MR) is 83.3 cm³/mol. The molecular formula is C18H21NO4. The number of rotatable bonds is 2. The largest absolute Gasteiger partial charge is 0.373 e. The molecule has 2 amide bonds. The Morgan fingerprint density at radius 1 is 0.957 bits per heavy atom. The second-order valence-corrected chi connectivity index (χ2v) is 6.57. The molecule has 5 nitrogen and oxygen atoms in total. The molecule has 5 heteroatoms. The lowest BCUT2D eigenvalue weighted by Gasteiger charge is -2.37. The summed E-state index contributed by atoms with van der Waals surface area (Å²) in [6.07, 6.45) is 5.67. The fourth-order valence-corrected chi connectivity index (χ4v) is 3.81. The SMILES string of the molecule is O=C1c2ccccc2C(=O)N1CC1COC2CCCCCC2O1. The number of hydrogen-bond donors (Lipinski definition) is 0. The molecule has 1 aromatic rings. The van der Waals surface area contributed by atoms with Gasteiger partial charge in [-0.25, -0.2) is 0 Å². The molecule has 0 bridgehead atoms. The van der Waals surface area contributed by atoms with Crippen molar-refractivity contribution in [2.24, 2.45) is 0 Å². The number of carbonyl (C=O) groups is 2. The molecular weight excluding hydrogens is 294 g/mol. The van der Waals surface area contributed by atoms with Gasteiger partial charge in [0.25, 0.3) is 11.8 Å². The van der Waals surface area contributed by atoms with Crippen LogP contribution in [-0.4, -0.2) is 48.2 Å². The quantitative estimate of drug-likeness (QED) is 0.786. The molecule has 2 fully saturated rings. The lowest BCUT2D eigenvalue weighted by atomic mass is 10.1. The summed E-state index contributed by atoms with van der Waals surface area (Å²) in [6, 6.07) is 6.97. The van der Waals surface area contributed by atoms with Gasteiger partial charge in [0.15, 0.2) is 0 Å². The summed E-state index contributed by atoms with van der Waals surface area (Å²) in [5, 5.41) is 0. The van der Waals surface area contributed by atoms with Crippen LogP contribution in [0.2, 0.25) is 0 Å². The Kier molecular flexibility index (Phi) is 3.91. The Balaban J connectivity index is 1.45. The van der Waals surface area contributed by atoms with Crippen molar-refractivity contribution in [2.75, 3.05) is 13.2 Å². The van der Waals surface area contributed by atoms with Gasteiger partial charge in [-0.2, -0.15) is 0 Å². The molecule has 122 valence electrons. The molecule has 0 spiro atoms. The van der Waals surface area contributed by atoms with E-state index in [4.69, 9.17) is 9.47 Å². The maximum absolute atomic E-state index is 12.4. The summed E-state index contributed by atoms with van der Waals surface area (Å²) in [6.45, 7) is 0.726. The fourth-order valence-electron chi connectivity index (χ4n) is 3.81. The van der Waals surface area contributed by atoms with Gasteiger partial charge in [-0.3, -0.25) is 14.5 Å². The van der Waals surface area contributed by atoms with E-state index in [-0.39, 0.29) is 36.7 Å². The van der Waals surface area contributed by atoms with Crippen LogP contribution in [-0.2, 0) is 9.47 Å². The van der Waals surface area contributed by atoms with Crippen LogP contribution in [0.5, 0.6) is 0 Å². The second-order valence-electron chi connectivity index (χ2n) is 6.57. The Bertz CT molecular complexity index is 594. The molecule has 3 atom stereocenters. The van der Waals surface area contributed by atoms with Crippen molar-refractivity contribution in [3.05, 3.63) is 35.4 Å². The third-order valence-electron chi connectivity index (χ3n) is 5.02. The number of ether oxygens (including phenoxy) is 2. The van der Waals surface area contributed by atoms with Crippen molar-refractivity contribution in [1.82, 2.24) is 4.90 Å². The summed E-state index contributed by atoms with van der Waals surface area (Å²) >= 11 is 0. The van der Waals surface area contributed by atoms with E-state index in [0.717, 1.165) is 19.3 Å². The first-order valence-corrected chi connectivity index (χ1v) is 8.46. The number of amides is 2. The monoisotopic (exact) mass is 315 g/mol. The number of benzene rings is 1. The van der Waals surface area contributed by atoms with E-state index in [0.29, 0.717) is 17.7 Å². The zero-order valence-electron chi connectivity index (χ0n) is 13.1. The second kappa shape index (κ2) is 6.06. The van der Waals surface area contributed by atoms with E-state index in [1.165, 1.54) is 17.7 Å². The van der Waals surface area contributed by atoms with Crippen LogP contribution in [0, 0.1) is 0 Å². The maximum Gasteiger partial charge on any atom is 0.261 e. The number of carbonyl (C=O) groups excluding carboxylic acids is 2. The number of nitrogens with zero attached hydrogens (tertiary/aromatic N) is 1. The van der Waals surface area contributed by atoms with Gasteiger partial charge in [-0.05, 0) is 25.0 Å². The summed E-state index contributed by atoms with van der Waals surface area (Å²) in [5.74, 6) is -0.450. The number of hydrogen-bond acceptors (Lipinski definition) is 4. The topological polar surface area (TPSA) is 55.8 Å². The third-order valence-corrected chi connectivity index (χ3v) is 5.02. The molecule has 1 aliphatic carbocycles. The molecule has 2 aliphatic heterocycles. The van der Waals surface area contributed by atoms with Gasteiger partial charge >= 0.3 is 0 Å². The van der Waals surface area contributed by atoms with Crippen LogP contribution in [0.25, 0.3) is 0 Å². The fraction of sp³-hybridized carbons (Fsp3) is 0.556. The lowest BCUT2D eigenvalue weighted by molar-refractivity contribution is -0.182.